The molecule has 1 unspecified atom stereocenters. The molecule has 0 radical (unpaired) electrons. The molecule has 1 aromatic rings. The van der Waals surface area contributed by atoms with Gasteiger partial charge < -0.3 is 10.5 Å². The molecule has 1 rings (SSSR count). The first-order valence-electron chi connectivity index (χ1n) is 5.25. The fourth-order valence-corrected chi connectivity index (χ4v) is 1.57. The highest BCUT2D eigenvalue weighted by atomic mass is 19.3. The molecule has 0 spiro atoms. The lowest BCUT2D eigenvalue weighted by Crippen LogP contribution is -2.19. The van der Waals surface area contributed by atoms with Gasteiger partial charge in [-0.2, -0.15) is 0 Å². The lowest BCUT2D eigenvalue weighted by Gasteiger charge is -2.15. The van der Waals surface area contributed by atoms with Crippen molar-refractivity contribution in [3.05, 3.63) is 29.3 Å². The van der Waals surface area contributed by atoms with Gasteiger partial charge >= 0.3 is 0 Å². The average molecular weight is 229 g/mol. The fourth-order valence-electron chi connectivity index (χ4n) is 1.57. The molecule has 0 aliphatic heterocycles. The highest BCUT2D eigenvalue weighted by molar-refractivity contribution is 5.41. The zero-order valence-electron chi connectivity index (χ0n) is 9.54. The number of aryl methyl sites for hydroxylation is 1. The minimum Gasteiger partial charge on any atom is -0.487 e. The van der Waals surface area contributed by atoms with E-state index in [0.717, 1.165) is 11.1 Å². The number of rotatable bonds is 5. The maximum atomic E-state index is 12.1. The Morgan fingerprint density at radius 1 is 1.38 bits per heavy atom. The molecule has 0 fully saturated rings. The summed E-state index contributed by atoms with van der Waals surface area (Å²) in [5.74, 6) is 0.542. The molecule has 0 heterocycles. The maximum absolute atomic E-state index is 12.1. The number of alkyl halides is 2. The van der Waals surface area contributed by atoms with Crippen LogP contribution < -0.4 is 10.5 Å². The Labute approximate surface area is 94.4 Å². The molecule has 0 aliphatic rings. The summed E-state index contributed by atoms with van der Waals surface area (Å²) in [7, 11) is 0. The normalized spacial score (nSPS) is 12.9. The van der Waals surface area contributed by atoms with Crippen molar-refractivity contribution in [2.75, 3.05) is 6.61 Å². The van der Waals surface area contributed by atoms with Crippen LogP contribution in [-0.2, 0) is 6.42 Å². The Bertz CT molecular complexity index is 340. The smallest absolute Gasteiger partial charge is 0.272 e. The Kier molecular flexibility index (Phi) is 4.68. The molecule has 0 aromatic heterocycles. The van der Waals surface area contributed by atoms with Crippen LogP contribution in [0.3, 0.4) is 0 Å². The van der Waals surface area contributed by atoms with Crippen LogP contribution >= 0.6 is 0 Å². The monoisotopic (exact) mass is 229 g/mol. The number of hydrogen-bond acceptors (Lipinski definition) is 2. The number of nitrogens with two attached hydrogens (primary N) is 1. The molecule has 0 aliphatic carbocycles. The SMILES string of the molecule is Cc1cccc(CC(C)N)c1OCC(F)F. The molecule has 16 heavy (non-hydrogen) atoms. The zero-order valence-corrected chi connectivity index (χ0v) is 9.54. The van der Waals surface area contributed by atoms with E-state index >= 15 is 0 Å². The van der Waals surface area contributed by atoms with E-state index in [2.05, 4.69) is 0 Å². The fraction of sp³-hybridized carbons (Fsp3) is 0.500. The minimum absolute atomic E-state index is 0.0179. The van der Waals surface area contributed by atoms with Gasteiger partial charge in [0.1, 0.15) is 12.4 Å². The molecule has 2 N–H and O–H groups in total. The first-order chi connectivity index (χ1) is 7.50. The lowest BCUT2D eigenvalue weighted by molar-refractivity contribution is 0.0810. The van der Waals surface area contributed by atoms with Gasteiger partial charge in [-0.1, -0.05) is 18.2 Å². The van der Waals surface area contributed by atoms with Gasteiger partial charge in [0.25, 0.3) is 6.43 Å². The largest absolute Gasteiger partial charge is 0.487 e. The van der Waals surface area contributed by atoms with E-state index in [-0.39, 0.29) is 6.04 Å². The summed E-state index contributed by atoms with van der Waals surface area (Å²) in [5, 5.41) is 0. The predicted molar refractivity (Wildman–Crippen MR) is 60.0 cm³/mol. The van der Waals surface area contributed by atoms with Crippen LogP contribution in [0.1, 0.15) is 18.1 Å². The van der Waals surface area contributed by atoms with Crippen LogP contribution in [0.5, 0.6) is 5.75 Å². The highest BCUT2D eigenvalue weighted by Gasteiger charge is 2.11. The van der Waals surface area contributed by atoms with Crippen LogP contribution in [-0.4, -0.2) is 19.1 Å². The second kappa shape index (κ2) is 5.80. The number of ether oxygens (including phenoxy) is 1. The summed E-state index contributed by atoms with van der Waals surface area (Å²) in [6.07, 6.45) is -1.83. The number of halogens is 2. The molecular formula is C12H17F2NO. The van der Waals surface area contributed by atoms with E-state index in [9.17, 15) is 8.78 Å². The van der Waals surface area contributed by atoms with Crippen molar-refractivity contribution >= 4 is 0 Å². The molecular weight excluding hydrogens is 212 g/mol. The summed E-state index contributed by atoms with van der Waals surface area (Å²) in [6, 6.07) is 5.56. The van der Waals surface area contributed by atoms with E-state index < -0.39 is 13.0 Å². The molecule has 90 valence electrons. The summed E-state index contributed by atoms with van der Waals surface area (Å²) in [6.45, 7) is 3.14. The van der Waals surface area contributed by atoms with Crippen molar-refractivity contribution in [2.45, 2.75) is 32.7 Å². The summed E-state index contributed by atoms with van der Waals surface area (Å²) < 4.78 is 29.3. The van der Waals surface area contributed by atoms with Crippen LogP contribution in [0.25, 0.3) is 0 Å². The topological polar surface area (TPSA) is 35.2 Å². The van der Waals surface area contributed by atoms with Crippen LogP contribution in [0.2, 0.25) is 0 Å². The van der Waals surface area contributed by atoms with Gasteiger partial charge in [-0.25, -0.2) is 8.78 Å². The summed E-state index contributed by atoms with van der Waals surface area (Å²) in [5.41, 5.74) is 7.44. The second-order valence-electron chi connectivity index (χ2n) is 3.95. The molecule has 0 saturated carbocycles. The third-order valence-corrected chi connectivity index (χ3v) is 2.19. The second-order valence-corrected chi connectivity index (χ2v) is 3.95. The quantitative estimate of drug-likeness (QED) is 0.842. The minimum atomic E-state index is -2.46. The molecule has 2 nitrogen and oxygen atoms in total. The van der Waals surface area contributed by atoms with Gasteiger partial charge in [-0.15, -0.1) is 0 Å². The molecule has 1 atom stereocenters. The molecule has 1 aromatic carbocycles. The Morgan fingerprint density at radius 3 is 2.62 bits per heavy atom. The van der Waals surface area contributed by atoms with Gasteiger partial charge in [-0.05, 0) is 31.4 Å². The van der Waals surface area contributed by atoms with Crippen molar-refractivity contribution in [2.24, 2.45) is 5.73 Å². The van der Waals surface area contributed by atoms with Gasteiger partial charge in [0, 0.05) is 6.04 Å². The van der Waals surface area contributed by atoms with Crippen molar-refractivity contribution in [1.82, 2.24) is 0 Å². The zero-order chi connectivity index (χ0) is 12.1. The van der Waals surface area contributed by atoms with Gasteiger partial charge in [-0.3, -0.25) is 0 Å². The van der Waals surface area contributed by atoms with Crippen molar-refractivity contribution in [3.8, 4) is 5.75 Å². The van der Waals surface area contributed by atoms with Crippen molar-refractivity contribution in [1.29, 1.82) is 0 Å². The summed E-state index contributed by atoms with van der Waals surface area (Å²) >= 11 is 0. The van der Waals surface area contributed by atoms with Crippen molar-refractivity contribution < 1.29 is 13.5 Å². The van der Waals surface area contributed by atoms with Crippen LogP contribution in [0.15, 0.2) is 18.2 Å². The summed E-state index contributed by atoms with van der Waals surface area (Å²) in [4.78, 5) is 0. The van der Waals surface area contributed by atoms with Crippen molar-refractivity contribution in [3.63, 3.8) is 0 Å². The predicted octanol–water partition coefficient (Wildman–Crippen LogP) is 2.53. The van der Waals surface area contributed by atoms with E-state index in [1.807, 2.05) is 32.0 Å². The Morgan fingerprint density at radius 2 is 2.06 bits per heavy atom. The first-order valence-corrected chi connectivity index (χ1v) is 5.25. The van der Waals surface area contributed by atoms with E-state index in [4.69, 9.17) is 10.5 Å². The number of hydrogen-bond donors (Lipinski definition) is 1. The van der Waals surface area contributed by atoms with Crippen LogP contribution in [0, 0.1) is 6.92 Å². The Balaban J connectivity index is 2.85. The maximum Gasteiger partial charge on any atom is 0.272 e. The highest BCUT2D eigenvalue weighted by Crippen LogP contribution is 2.24. The lowest BCUT2D eigenvalue weighted by atomic mass is 10.0. The molecule has 4 heteroatoms. The van der Waals surface area contributed by atoms with E-state index in [1.54, 1.807) is 0 Å². The Hall–Kier alpha value is -1.16. The number of benzene rings is 1. The third-order valence-electron chi connectivity index (χ3n) is 2.19. The molecule has 0 amide bonds. The van der Waals surface area contributed by atoms with Gasteiger partial charge in [0.2, 0.25) is 0 Å². The standard InChI is InChI=1S/C12H17F2NO/c1-8-4-3-5-10(6-9(2)15)12(8)16-7-11(13)14/h3-5,9,11H,6-7,15H2,1-2H3. The molecule has 0 saturated heterocycles. The van der Waals surface area contributed by atoms with Gasteiger partial charge in [0.15, 0.2) is 0 Å². The van der Waals surface area contributed by atoms with E-state index in [1.165, 1.54) is 0 Å². The third kappa shape index (κ3) is 3.77. The average Bonchev–Trinajstić information content (AvgIpc) is 2.15. The number of para-hydroxylation sites is 1. The van der Waals surface area contributed by atoms with E-state index in [0.29, 0.717) is 12.2 Å². The molecule has 0 bridgehead atoms. The van der Waals surface area contributed by atoms with Crippen LogP contribution in [0.4, 0.5) is 8.78 Å². The van der Waals surface area contributed by atoms with Gasteiger partial charge in [0.05, 0.1) is 0 Å². The first kappa shape index (κ1) is 12.9.